The highest BCUT2D eigenvalue weighted by Crippen LogP contribution is 2.35. The van der Waals surface area contributed by atoms with Gasteiger partial charge in [-0.3, -0.25) is 19.7 Å². The van der Waals surface area contributed by atoms with Gasteiger partial charge in [0.1, 0.15) is 5.39 Å². The molecule has 1 atom stereocenters. The molecule has 5 aromatic rings. The molecule has 0 saturated carbocycles. The van der Waals surface area contributed by atoms with Crippen molar-refractivity contribution in [1.29, 1.82) is 0 Å². The number of carbonyl (C=O) groups excluding carboxylic acids is 2. The highest BCUT2D eigenvalue weighted by molar-refractivity contribution is 5.98. The summed E-state index contributed by atoms with van der Waals surface area (Å²) in [4.78, 5) is 56.8. The molecule has 0 spiro atoms. The second-order valence-corrected chi connectivity index (χ2v) is 16.7. The van der Waals surface area contributed by atoms with Gasteiger partial charge in [0.15, 0.2) is 11.5 Å². The Hall–Kier alpha value is -5.82. The number of aryl methyl sites for hydroxylation is 1. The number of pyridine rings is 1. The Morgan fingerprint density at radius 3 is 2.36 bits per heavy atom. The Kier molecular flexibility index (Phi) is 11.0. The summed E-state index contributed by atoms with van der Waals surface area (Å²) in [5, 5.41) is 10.1. The summed E-state index contributed by atoms with van der Waals surface area (Å²) in [5.74, 6) is 1.78. The third-order valence-electron chi connectivity index (χ3n) is 13.0. The lowest BCUT2D eigenvalue weighted by Gasteiger charge is -2.37. The van der Waals surface area contributed by atoms with Crippen LogP contribution in [0.4, 0.5) is 23.0 Å². The number of carbonyl (C=O) groups is 2. The van der Waals surface area contributed by atoms with Gasteiger partial charge in [-0.25, -0.2) is 19.3 Å². The standard InChI is InChI=1S/C46H54N10O3/c1-3-20-55-45(59)39-29-48-46(52-44(39)56(55)40-15-10-32-9-8-31(4-2)43(32)50-40)49-36-11-13-37(14-12-36)53-21-16-30(17-22-53)28-47-35-18-23-54(24-19-35)38-7-5-6-33(25-38)34-26-41(57)51-42(58)27-34/h3,5-7,10-15,25,29-31,34-35,47H,1,4,8-9,16-24,26-28H2,2H3,(H,48,49,52)(H,51,57,58). The number of fused-ring (bicyclic) bond motifs is 2. The first-order valence-electron chi connectivity index (χ1n) is 21.5. The van der Waals surface area contributed by atoms with E-state index < -0.39 is 0 Å². The Labute approximate surface area is 344 Å². The summed E-state index contributed by atoms with van der Waals surface area (Å²) >= 11 is 0. The van der Waals surface area contributed by atoms with Gasteiger partial charge in [0, 0.05) is 85.9 Å². The van der Waals surface area contributed by atoms with Gasteiger partial charge in [-0.1, -0.05) is 31.2 Å². The molecule has 3 aliphatic heterocycles. The molecule has 6 heterocycles. The monoisotopic (exact) mass is 794 g/mol. The zero-order valence-corrected chi connectivity index (χ0v) is 33.9. The minimum Gasteiger partial charge on any atom is -0.372 e. The molecular weight excluding hydrogens is 741 g/mol. The van der Waals surface area contributed by atoms with Crippen molar-refractivity contribution >= 4 is 45.9 Å². The average molecular weight is 795 g/mol. The van der Waals surface area contributed by atoms with E-state index in [0.29, 0.717) is 60.1 Å². The smallest absolute Gasteiger partial charge is 0.278 e. The van der Waals surface area contributed by atoms with Gasteiger partial charge in [-0.2, -0.15) is 4.98 Å². The van der Waals surface area contributed by atoms with Crippen LogP contribution in [0.2, 0.25) is 0 Å². The third-order valence-corrected chi connectivity index (χ3v) is 13.0. The van der Waals surface area contributed by atoms with Gasteiger partial charge in [0.2, 0.25) is 17.8 Å². The predicted octanol–water partition coefficient (Wildman–Crippen LogP) is 6.34. The fourth-order valence-corrected chi connectivity index (χ4v) is 9.59. The number of allylic oxidation sites excluding steroid dienone is 1. The minimum atomic E-state index is -0.182. The first-order valence-corrected chi connectivity index (χ1v) is 21.5. The number of rotatable bonds is 12. The molecule has 13 heteroatoms. The summed E-state index contributed by atoms with van der Waals surface area (Å²) in [5.41, 5.74) is 7.10. The van der Waals surface area contributed by atoms with Crippen molar-refractivity contribution in [3.8, 4) is 5.82 Å². The second-order valence-electron chi connectivity index (χ2n) is 16.7. The number of aromatic nitrogens is 5. The molecule has 3 fully saturated rings. The van der Waals surface area contributed by atoms with E-state index in [4.69, 9.17) is 9.97 Å². The van der Waals surface area contributed by atoms with Crippen LogP contribution in [-0.4, -0.2) is 74.9 Å². The zero-order valence-electron chi connectivity index (χ0n) is 33.9. The minimum absolute atomic E-state index is 0.0424. The molecule has 1 unspecified atom stereocenters. The van der Waals surface area contributed by atoms with E-state index in [0.717, 1.165) is 94.6 Å². The number of nitrogens with zero attached hydrogens (tertiary/aromatic N) is 7. The third kappa shape index (κ3) is 8.12. The number of hydrogen-bond donors (Lipinski definition) is 3. The molecule has 59 heavy (non-hydrogen) atoms. The van der Waals surface area contributed by atoms with Crippen molar-refractivity contribution in [1.82, 2.24) is 34.9 Å². The normalized spacial score (nSPS) is 19.3. The van der Waals surface area contributed by atoms with Crippen molar-refractivity contribution in [3.63, 3.8) is 0 Å². The van der Waals surface area contributed by atoms with Crippen LogP contribution in [0.3, 0.4) is 0 Å². The largest absolute Gasteiger partial charge is 0.372 e. The quantitative estimate of drug-likeness (QED) is 0.0968. The highest BCUT2D eigenvalue weighted by Gasteiger charge is 2.29. The summed E-state index contributed by atoms with van der Waals surface area (Å²) in [6.45, 7) is 11.5. The van der Waals surface area contributed by atoms with Crippen molar-refractivity contribution in [2.75, 3.05) is 47.8 Å². The number of hydrogen-bond acceptors (Lipinski definition) is 10. The number of benzene rings is 2. The van der Waals surface area contributed by atoms with Crippen molar-refractivity contribution < 1.29 is 9.59 Å². The van der Waals surface area contributed by atoms with Gasteiger partial charge in [0.25, 0.3) is 5.56 Å². The Bertz CT molecular complexity index is 2390. The lowest BCUT2D eigenvalue weighted by molar-refractivity contribution is -0.133. The van der Waals surface area contributed by atoms with E-state index in [-0.39, 0.29) is 23.3 Å². The van der Waals surface area contributed by atoms with Crippen LogP contribution in [0.15, 0.2) is 84.3 Å². The number of piperidine rings is 3. The maximum absolute atomic E-state index is 13.5. The molecule has 0 bridgehead atoms. The molecule has 306 valence electrons. The molecule has 3 N–H and O–H groups in total. The summed E-state index contributed by atoms with van der Waals surface area (Å²) in [7, 11) is 0. The molecule has 13 nitrogen and oxygen atoms in total. The van der Waals surface area contributed by atoms with E-state index in [1.807, 2.05) is 16.8 Å². The molecule has 2 amide bonds. The highest BCUT2D eigenvalue weighted by atomic mass is 16.2. The van der Waals surface area contributed by atoms with Gasteiger partial charge >= 0.3 is 0 Å². The fraction of sp³-hybridized carbons (Fsp3) is 0.435. The summed E-state index contributed by atoms with van der Waals surface area (Å²) in [6.07, 6.45) is 11.7. The first-order chi connectivity index (χ1) is 28.8. The Balaban J connectivity index is 0.774. The van der Waals surface area contributed by atoms with Crippen LogP contribution in [0.5, 0.6) is 0 Å². The van der Waals surface area contributed by atoms with Crippen LogP contribution in [0.1, 0.15) is 86.9 Å². The maximum atomic E-state index is 13.5. The summed E-state index contributed by atoms with van der Waals surface area (Å²) in [6, 6.07) is 21.5. The lowest BCUT2D eigenvalue weighted by Crippen LogP contribution is -2.45. The second kappa shape index (κ2) is 16.8. The Morgan fingerprint density at radius 2 is 1.61 bits per heavy atom. The van der Waals surface area contributed by atoms with E-state index in [1.54, 1.807) is 17.0 Å². The number of nitrogens with one attached hydrogen (secondary N) is 3. The number of anilines is 4. The van der Waals surface area contributed by atoms with E-state index in [9.17, 15) is 14.4 Å². The van der Waals surface area contributed by atoms with Gasteiger partial charge in [-0.05, 0) is 111 Å². The van der Waals surface area contributed by atoms with Crippen LogP contribution in [0.25, 0.3) is 16.9 Å². The SMILES string of the molecule is C=CCn1c(=O)c2cnc(Nc3ccc(N4CCC(CNC5CCN(c6cccc(C7CC(=O)NC(=O)C7)c6)CC5)CC4)cc3)nc2n1-c1ccc2c(n1)C(CC)CC2. The Morgan fingerprint density at radius 1 is 0.864 bits per heavy atom. The molecular formula is C46H54N10O3. The van der Waals surface area contributed by atoms with E-state index >= 15 is 0 Å². The van der Waals surface area contributed by atoms with Crippen LogP contribution in [0, 0.1) is 5.92 Å². The molecule has 1 aliphatic carbocycles. The molecule has 4 aliphatic rings. The van der Waals surface area contributed by atoms with E-state index in [2.05, 4.69) is 92.8 Å². The number of amides is 2. The first kappa shape index (κ1) is 38.7. The topological polar surface area (TPSA) is 142 Å². The van der Waals surface area contributed by atoms with Crippen molar-refractivity contribution in [2.45, 2.75) is 89.1 Å². The van der Waals surface area contributed by atoms with Crippen molar-refractivity contribution in [2.24, 2.45) is 5.92 Å². The van der Waals surface area contributed by atoms with Crippen molar-refractivity contribution in [3.05, 3.63) is 107 Å². The van der Waals surface area contributed by atoms with Gasteiger partial charge < -0.3 is 20.4 Å². The van der Waals surface area contributed by atoms with Gasteiger partial charge in [-0.15, -0.1) is 6.58 Å². The number of imide groups is 1. The lowest BCUT2D eigenvalue weighted by atomic mass is 9.89. The van der Waals surface area contributed by atoms with E-state index in [1.165, 1.54) is 16.9 Å². The molecule has 0 radical (unpaired) electrons. The van der Waals surface area contributed by atoms with Crippen LogP contribution < -0.4 is 31.3 Å². The summed E-state index contributed by atoms with van der Waals surface area (Å²) < 4.78 is 3.45. The fourth-order valence-electron chi connectivity index (χ4n) is 9.59. The zero-order chi connectivity index (χ0) is 40.5. The molecule has 2 aromatic carbocycles. The molecule has 9 rings (SSSR count). The molecule has 3 saturated heterocycles. The predicted molar refractivity (Wildman–Crippen MR) is 232 cm³/mol. The van der Waals surface area contributed by atoms with Crippen LogP contribution in [-0.2, 0) is 22.6 Å². The maximum Gasteiger partial charge on any atom is 0.278 e. The van der Waals surface area contributed by atoms with Crippen LogP contribution >= 0.6 is 0 Å². The molecule has 3 aromatic heterocycles. The van der Waals surface area contributed by atoms with Gasteiger partial charge in [0.05, 0.1) is 6.54 Å². The average Bonchev–Trinajstić information content (AvgIpc) is 3.80.